The second-order valence-corrected chi connectivity index (χ2v) is 5.24. The number of nitrogens with one attached hydrogen (secondary N) is 1. The predicted molar refractivity (Wildman–Crippen MR) is 94.6 cm³/mol. The normalized spacial score (nSPS) is 11.0. The lowest BCUT2D eigenvalue weighted by Gasteiger charge is -2.10. The highest BCUT2D eigenvalue weighted by Crippen LogP contribution is 2.15. The first-order chi connectivity index (χ1) is 10.6. The van der Waals surface area contributed by atoms with Crippen molar-refractivity contribution < 1.29 is 9.47 Å². The third-order valence-corrected chi connectivity index (χ3v) is 3.53. The van der Waals surface area contributed by atoms with Crippen LogP contribution in [0.15, 0.2) is 60.5 Å². The molecule has 0 saturated heterocycles. The highest BCUT2D eigenvalue weighted by Gasteiger charge is 2.03. The van der Waals surface area contributed by atoms with E-state index in [1.807, 2.05) is 48.5 Å². The molecule has 2 aromatic rings. The molecule has 0 amide bonds. The minimum atomic E-state index is 0.602. The van der Waals surface area contributed by atoms with Crippen LogP contribution in [0, 0.1) is 6.92 Å². The molecule has 1 N–H and O–H groups in total. The van der Waals surface area contributed by atoms with E-state index in [-0.39, 0.29) is 0 Å². The number of benzene rings is 2. The maximum atomic E-state index is 5.44. The fourth-order valence-electron chi connectivity index (χ4n) is 1.88. The molecular weight excluding hydrogens is 294 g/mol. The van der Waals surface area contributed by atoms with E-state index in [4.69, 9.17) is 21.7 Å². The minimum absolute atomic E-state index is 0.602. The lowest BCUT2D eigenvalue weighted by atomic mass is 10.1. The molecule has 2 rings (SSSR count). The summed E-state index contributed by atoms with van der Waals surface area (Å²) in [6, 6.07) is 15.7. The van der Waals surface area contributed by atoms with Gasteiger partial charge in [0.1, 0.15) is 5.75 Å². The SMILES string of the molecule is CO/C(=C/C(=S)c1ccc(OC)cc1)Nc1ccc(C)cc1. The van der Waals surface area contributed by atoms with E-state index in [1.54, 1.807) is 20.3 Å². The summed E-state index contributed by atoms with van der Waals surface area (Å²) >= 11 is 5.44. The van der Waals surface area contributed by atoms with Crippen LogP contribution < -0.4 is 10.1 Å². The Balaban J connectivity index is 2.12. The van der Waals surface area contributed by atoms with E-state index in [0.29, 0.717) is 10.7 Å². The summed E-state index contributed by atoms with van der Waals surface area (Å²) in [6.07, 6.45) is 1.80. The van der Waals surface area contributed by atoms with Gasteiger partial charge < -0.3 is 14.8 Å². The summed E-state index contributed by atoms with van der Waals surface area (Å²) in [5.74, 6) is 1.41. The molecule has 0 atom stereocenters. The van der Waals surface area contributed by atoms with Gasteiger partial charge in [-0.05, 0) is 48.9 Å². The van der Waals surface area contributed by atoms with Gasteiger partial charge >= 0.3 is 0 Å². The molecule has 0 aliphatic carbocycles. The summed E-state index contributed by atoms with van der Waals surface area (Å²) in [4.78, 5) is 0.694. The van der Waals surface area contributed by atoms with Gasteiger partial charge in [0.25, 0.3) is 0 Å². The summed E-state index contributed by atoms with van der Waals surface area (Å²) in [6.45, 7) is 2.05. The molecule has 22 heavy (non-hydrogen) atoms. The molecule has 0 aliphatic heterocycles. The van der Waals surface area contributed by atoms with Gasteiger partial charge in [-0.1, -0.05) is 29.9 Å². The smallest absolute Gasteiger partial charge is 0.192 e. The van der Waals surface area contributed by atoms with Crippen LogP contribution >= 0.6 is 12.2 Å². The van der Waals surface area contributed by atoms with Crippen molar-refractivity contribution in [3.8, 4) is 5.75 Å². The first kappa shape index (κ1) is 16.0. The Bertz CT molecular complexity index is 660. The van der Waals surface area contributed by atoms with Gasteiger partial charge in [-0.15, -0.1) is 0 Å². The van der Waals surface area contributed by atoms with Gasteiger partial charge in [0.15, 0.2) is 5.88 Å². The van der Waals surface area contributed by atoms with Gasteiger partial charge in [-0.25, -0.2) is 0 Å². The Morgan fingerprint density at radius 3 is 2.18 bits per heavy atom. The van der Waals surface area contributed by atoms with E-state index in [1.165, 1.54) is 5.56 Å². The second-order valence-electron chi connectivity index (χ2n) is 4.80. The first-order valence-corrected chi connectivity index (χ1v) is 7.31. The van der Waals surface area contributed by atoms with E-state index >= 15 is 0 Å². The molecule has 0 aliphatic rings. The zero-order valence-corrected chi connectivity index (χ0v) is 13.7. The molecule has 0 saturated carbocycles. The molecule has 4 heteroatoms. The Morgan fingerprint density at radius 1 is 1.00 bits per heavy atom. The maximum Gasteiger partial charge on any atom is 0.192 e. The van der Waals surface area contributed by atoms with Crippen molar-refractivity contribution in [2.45, 2.75) is 6.92 Å². The molecule has 0 heterocycles. The zero-order valence-electron chi connectivity index (χ0n) is 12.9. The lowest BCUT2D eigenvalue weighted by molar-refractivity contribution is 0.298. The Morgan fingerprint density at radius 2 is 1.64 bits per heavy atom. The number of allylic oxidation sites excluding steroid dienone is 1. The molecule has 114 valence electrons. The molecule has 0 spiro atoms. The largest absolute Gasteiger partial charge is 0.497 e. The number of hydrogen-bond acceptors (Lipinski definition) is 4. The molecule has 0 radical (unpaired) electrons. The van der Waals surface area contributed by atoms with Gasteiger partial charge in [0.05, 0.1) is 19.1 Å². The standard InChI is InChI=1S/C18H19NO2S/c1-13-4-8-15(9-5-13)19-18(21-3)12-17(22)14-6-10-16(20-2)11-7-14/h4-12,19H,1-3H3/b18-12+. The molecule has 0 aromatic heterocycles. The van der Waals surface area contributed by atoms with Crippen molar-refractivity contribution in [1.82, 2.24) is 0 Å². The van der Waals surface area contributed by atoms with Crippen LogP contribution in [-0.2, 0) is 4.74 Å². The van der Waals surface area contributed by atoms with Crippen molar-refractivity contribution in [3.63, 3.8) is 0 Å². The van der Waals surface area contributed by atoms with E-state index < -0.39 is 0 Å². The minimum Gasteiger partial charge on any atom is -0.497 e. The van der Waals surface area contributed by atoms with E-state index in [2.05, 4.69) is 12.2 Å². The lowest BCUT2D eigenvalue weighted by Crippen LogP contribution is -2.05. The van der Waals surface area contributed by atoms with Crippen LogP contribution in [0.2, 0.25) is 0 Å². The zero-order chi connectivity index (χ0) is 15.9. The van der Waals surface area contributed by atoms with Crippen molar-refractivity contribution in [2.75, 3.05) is 19.5 Å². The number of anilines is 1. The number of aryl methyl sites for hydroxylation is 1. The third kappa shape index (κ3) is 4.33. The number of thiocarbonyl (C=S) groups is 1. The second kappa shape index (κ2) is 7.61. The third-order valence-electron chi connectivity index (χ3n) is 3.18. The van der Waals surface area contributed by atoms with Crippen molar-refractivity contribution in [3.05, 3.63) is 71.6 Å². The fourth-order valence-corrected chi connectivity index (χ4v) is 2.13. The molecule has 0 fully saturated rings. The molecule has 2 aromatic carbocycles. The van der Waals surface area contributed by atoms with Crippen LogP contribution in [0.3, 0.4) is 0 Å². The van der Waals surface area contributed by atoms with Crippen LogP contribution in [0.25, 0.3) is 0 Å². The average Bonchev–Trinajstić information content (AvgIpc) is 2.56. The maximum absolute atomic E-state index is 5.44. The van der Waals surface area contributed by atoms with Crippen LogP contribution in [0.4, 0.5) is 5.69 Å². The molecule has 0 bridgehead atoms. The Labute approximate surface area is 136 Å². The number of ether oxygens (including phenoxy) is 2. The van der Waals surface area contributed by atoms with E-state index in [9.17, 15) is 0 Å². The Hall–Kier alpha value is -2.33. The Kier molecular flexibility index (Phi) is 5.55. The summed E-state index contributed by atoms with van der Waals surface area (Å²) < 4.78 is 10.5. The monoisotopic (exact) mass is 313 g/mol. The number of methoxy groups -OCH3 is 2. The highest BCUT2D eigenvalue weighted by molar-refractivity contribution is 7.81. The van der Waals surface area contributed by atoms with Crippen LogP contribution in [-0.4, -0.2) is 19.1 Å². The number of rotatable bonds is 6. The fraction of sp³-hybridized carbons (Fsp3) is 0.167. The first-order valence-electron chi connectivity index (χ1n) is 6.90. The molecular formula is C18H19NO2S. The van der Waals surface area contributed by atoms with E-state index in [0.717, 1.165) is 17.0 Å². The summed E-state index contributed by atoms with van der Waals surface area (Å²) in [5, 5.41) is 3.21. The van der Waals surface area contributed by atoms with Gasteiger partial charge in [0.2, 0.25) is 0 Å². The topological polar surface area (TPSA) is 30.5 Å². The average molecular weight is 313 g/mol. The van der Waals surface area contributed by atoms with Gasteiger partial charge in [-0.2, -0.15) is 0 Å². The quantitative estimate of drug-likeness (QED) is 0.372. The predicted octanol–water partition coefficient (Wildman–Crippen LogP) is 4.32. The molecule has 0 unspecified atom stereocenters. The van der Waals surface area contributed by atoms with Gasteiger partial charge in [0, 0.05) is 11.8 Å². The van der Waals surface area contributed by atoms with Crippen molar-refractivity contribution in [2.24, 2.45) is 0 Å². The van der Waals surface area contributed by atoms with Crippen LogP contribution in [0.1, 0.15) is 11.1 Å². The van der Waals surface area contributed by atoms with Gasteiger partial charge in [-0.3, -0.25) is 0 Å². The van der Waals surface area contributed by atoms with Crippen molar-refractivity contribution >= 4 is 22.8 Å². The van der Waals surface area contributed by atoms with Crippen LogP contribution in [0.5, 0.6) is 5.75 Å². The summed E-state index contributed by atoms with van der Waals surface area (Å²) in [7, 11) is 3.26. The highest BCUT2D eigenvalue weighted by atomic mass is 32.1. The summed E-state index contributed by atoms with van der Waals surface area (Å²) in [5.41, 5.74) is 3.11. The number of hydrogen-bond donors (Lipinski definition) is 1. The van der Waals surface area contributed by atoms with Crippen molar-refractivity contribution in [1.29, 1.82) is 0 Å². The molecule has 3 nitrogen and oxygen atoms in total.